The molecule has 0 saturated carbocycles. The first-order chi connectivity index (χ1) is 11.1. The normalized spacial score (nSPS) is 10.6. The number of benzene rings is 1. The van der Waals surface area contributed by atoms with E-state index in [4.69, 9.17) is 9.15 Å². The van der Waals surface area contributed by atoms with Crippen LogP contribution in [0.15, 0.2) is 39.4 Å². The molecule has 2 N–H and O–H groups in total. The lowest BCUT2D eigenvalue weighted by molar-refractivity contribution is 0.104. The standard InChI is InChI=1S/C17H21BrN2O3/c1-12-9-14(18)10-13(2)16(12)20-17(21)19-6-4-7-22-11-15-5-3-8-23-15/h3,5,8-10H,4,6-7,11H2,1-2H3,(H2,19,20,21). The van der Waals surface area contributed by atoms with Crippen LogP contribution in [0.5, 0.6) is 0 Å². The number of amides is 2. The number of urea groups is 1. The fourth-order valence-electron chi connectivity index (χ4n) is 2.21. The summed E-state index contributed by atoms with van der Waals surface area (Å²) in [4.78, 5) is 11.9. The zero-order chi connectivity index (χ0) is 16.7. The fraction of sp³-hybridized carbons (Fsp3) is 0.353. The first-order valence-corrected chi connectivity index (χ1v) is 8.27. The molecule has 0 fully saturated rings. The molecule has 2 rings (SSSR count). The number of anilines is 1. The van der Waals surface area contributed by atoms with E-state index in [1.165, 1.54) is 0 Å². The highest BCUT2D eigenvalue weighted by atomic mass is 79.9. The summed E-state index contributed by atoms with van der Waals surface area (Å²) < 4.78 is 11.6. The third-order valence-corrected chi connectivity index (χ3v) is 3.77. The molecule has 1 heterocycles. The van der Waals surface area contributed by atoms with E-state index in [-0.39, 0.29) is 6.03 Å². The van der Waals surface area contributed by atoms with Crippen LogP contribution in [0.2, 0.25) is 0 Å². The molecular formula is C17H21BrN2O3. The number of carbonyl (C=O) groups is 1. The second-order valence-corrected chi connectivity index (χ2v) is 6.20. The number of carbonyl (C=O) groups excluding carboxylic acids is 1. The molecule has 2 amide bonds. The van der Waals surface area contributed by atoms with Crippen molar-refractivity contribution in [3.05, 3.63) is 51.9 Å². The summed E-state index contributed by atoms with van der Waals surface area (Å²) in [7, 11) is 0. The molecule has 0 saturated heterocycles. The smallest absolute Gasteiger partial charge is 0.319 e. The van der Waals surface area contributed by atoms with E-state index in [0.29, 0.717) is 19.8 Å². The van der Waals surface area contributed by atoms with E-state index in [9.17, 15) is 4.79 Å². The molecule has 2 aromatic rings. The summed E-state index contributed by atoms with van der Waals surface area (Å²) in [5.41, 5.74) is 2.89. The number of hydrogen-bond donors (Lipinski definition) is 2. The maximum absolute atomic E-state index is 11.9. The molecular weight excluding hydrogens is 360 g/mol. The average molecular weight is 381 g/mol. The van der Waals surface area contributed by atoms with Gasteiger partial charge in [0.25, 0.3) is 0 Å². The predicted octanol–water partition coefficient (Wildman–Crippen LogP) is 4.39. The number of nitrogens with one attached hydrogen (secondary N) is 2. The SMILES string of the molecule is Cc1cc(Br)cc(C)c1NC(=O)NCCCOCc1ccco1. The molecule has 0 atom stereocenters. The van der Waals surface area contributed by atoms with Crippen LogP contribution in [0.25, 0.3) is 0 Å². The molecule has 0 spiro atoms. The van der Waals surface area contributed by atoms with E-state index < -0.39 is 0 Å². The van der Waals surface area contributed by atoms with Crippen molar-refractivity contribution in [1.29, 1.82) is 0 Å². The van der Waals surface area contributed by atoms with E-state index in [2.05, 4.69) is 26.6 Å². The van der Waals surface area contributed by atoms with Gasteiger partial charge < -0.3 is 19.8 Å². The quantitative estimate of drug-likeness (QED) is 0.700. The summed E-state index contributed by atoms with van der Waals surface area (Å²) in [5, 5.41) is 5.72. The van der Waals surface area contributed by atoms with Gasteiger partial charge in [-0.2, -0.15) is 0 Å². The molecule has 6 heteroatoms. The minimum absolute atomic E-state index is 0.204. The number of furan rings is 1. The Bertz CT molecular complexity index is 618. The lowest BCUT2D eigenvalue weighted by atomic mass is 10.1. The van der Waals surface area contributed by atoms with Crippen LogP contribution in [0.4, 0.5) is 10.5 Å². The van der Waals surface area contributed by atoms with E-state index in [1.54, 1.807) is 6.26 Å². The van der Waals surface area contributed by atoms with Crippen molar-refractivity contribution < 1.29 is 13.9 Å². The molecule has 0 aliphatic heterocycles. The first kappa shape index (κ1) is 17.6. The molecule has 0 unspecified atom stereocenters. The van der Waals surface area contributed by atoms with Gasteiger partial charge in [-0.25, -0.2) is 4.79 Å². The van der Waals surface area contributed by atoms with Gasteiger partial charge in [0.1, 0.15) is 12.4 Å². The molecule has 23 heavy (non-hydrogen) atoms. The Morgan fingerprint density at radius 1 is 1.30 bits per heavy atom. The molecule has 5 nitrogen and oxygen atoms in total. The van der Waals surface area contributed by atoms with Gasteiger partial charge >= 0.3 is 6.03 Å². The summed E-state index contributed by atoms with van der Waals surface area (Å²) >= 11 is 3.44. The third-order valence-electron chi connectivity index (χ3n) is 3.31. The predicted molar refractivity (Wildman–Crippen MR) is 93.6 cm³/mol. The molecule has 1 aromatic heterocycles. The summed E-state index contributed by atoms with van der Waals surface area (Å²) in [6.07, 6.45) is 2.36. The zero-order valence-corrected chi connectivity index (χ0v) is 14.9. The van der Waals surface area contributed by atoms with E-state index in [0.717, 1.165) is 33.5 Å². The summed E-state index contributed by atoms with van der Waals surface area (Å²) in [5.74, 6) is 0.803. The molecule has 0 aliphatic rings. The topological polar surface area (TPSA) is 63.5 Å². The molecule has 0 bridgehead atoms. The van der Waals surface area contributed by atoms with E-state index in [1.807, 2.05) is 38.1 Å². The van der Waals surface area contributed by atoms with Gasteiger partial charge in [0.15, 0.2) is 0 Å². The molecule has 0 radical (unpaired) electrons. The van der Waals surface area contributed by atoms with Crippen LogP contribution in [-0.2, 0) is 11.3 Å². The van der Waals surface area contributed by atoms with Crippen molar-refractivity contribution in [1.82, 2.24) is 5.32 Å². The maximum atomic E-state index is 11.9. The van der Waals surface area contributed by atoms with Gasteiger partial charge in [0.05, 0.1) is 6.26 Å². The van der Waals surface area contributed by atoms with Gasteiger partial charge in [0, 0.05) is 23.3 Å². The lowest BCUT2D eigenvalue weighted by Gasteiger charge is -2.13. The molecule has 124 valence electrons. The Morgan fingerprint density at radius 3 is 2.70 bits per heavy atom. The van der Waals surface area contributed by atoms with Crippen LogP contribution in [0.3, 0.4) is 0 Å². The number of aryl methyl sites for hydroxylation is 2. The fourth-order valence-corrected chi connectivity index (χ4v) is 2.90. The number of halogens is 1. The van der Waals surface area contributed by atoms with E-state index >= 15 is 0 Å². The Hall–Kier alpha value is -1.79. The van der Waals surface area contributed by atoms with Crippen LogP contribution in [0.1, 0.15) is 23.3 Å². The Balaban J connectivity index is 1.65. The lowest BCUT2D eigenvalue weighted by Crippen LogP contribution is -2.30. The Kier molecular flexibility index (Phi) is 6.67. The van der Waals surface area contributed by atoms with Crippen molar-refractivity contribution in [3.8, 4) is 0 Å². The largest absolute Gasteiger partial charge is 0.467 e. The number of rotatable bonds is 7. The van der Waals surface area contributed by atoms with Crippen molar-refractivity contribution in [2.45, 2.75) is 26.9 Å². The minimum atomic E-state index is -0.204. The number of ether oxygens (including phenoxy) is 1. The van der Waals surface area contributed by atoms with Gasteiger partial charge in [-0.15, -0.1) is 0 Å². The highest BCUT2D eigenvalue weighted by molar-refractivity contribution is 9.10. The van der Waals surface area contributed by atoms with Crippen molar-refractivity contribution >= 4 is 27.6 Å². The minimum Gasteiger partial charge on any atom is -0.467 e. The first-order valence-electron chi connectivity index (χ1n) is 7.48. The highest BCUT2D eigenvalue weighted by Crippen LogP contribution is 2.24. The van der Waals surface area contributed by atoms with Crippen molar-refractivity contribution in [2.75, 3.05) is 18.5 Å². The van der Waals surface area contributed by atoms with Gasteiger partial charge in [-0.05, 0) is 55.7 Å². The van der Waals surface area contributed by atoms with Gasteiger partial charge in [-0.1, -0.05) is 15.9 Å². The summed E-state index contributed by atoms with van der Waals surface area (Å²) in [6.45, 7) is 5.51. The van der Waals surface area contributed by atoms with Crippen LogP contribution >= 0.6 is 15.9 Å². The van der Waals surface area contributed by atoms with Crippen LogP contribution < -0.4 is 10.6 Å². The van der Waals surface area contributed by atoms with Crippen LogP contribution in [0, 0.1) is 13.8 Å². The highest BCUT2D eigenvalue weighted by Gasteiger charge is 2.08. The average Bonchev–Trinajstić information content (AvgIpc) is 2.99. The molecule has 1 aromatic carbocycles. The Labute approximate surface area is 144 Å². The number of hydrogen-bond acceptors (Lipinski definition) is 3. The third kappa shape index (κ3) is 5.73. The van der Waals surface area contributed by atoms with Crippen molar-refractivity contribution in [2.24, 2.45) is 0 Å². The second kappa shape index (κ2) is 8.74. The summed E-state index contributed by atoms with van der Waals surface area (Å²) in [6, 6.07) is 7.45. The zero-order valence-electron chi connectivity index (χ0n) is 13.3. The maximum Gasteiger partial charge on any atom is 0.319 e. The molecule has 0 aliphatic carbocycles. The monoisotopic (exact) mass is 380 g/mol. The van der Waals surface area contributed by atoms with Gasteiger partial charge in [0.2, 0.25) is 0 Å². The van der Waals surface area contributed by atoms with Crippen LogP contribution in [-0.4, -0.2) is 19.2 Å². The van der Waals surface area contributed by atoms with Gasteiger partial charge in [-0.3, -0.25) is 0 Å². The Morgan fingerprint density at radius 2 is 2.04 bits per heavy atom. The second-order valence-electron chi connectivity index (χ2n) is 5.28. The van der Waals surface area contributed by atoms with Crippen molar-refractivity contribution in [3.63, 3.8) is 0 Å².